The van der Waals surface area contributed by atoms with Gasteiger partial charge in [-0.2, -0.15) is 8.78 Å². The van der Waals surface area contributed by atoms with Crippen LogP contribution in [-0.4, -0.2) is 23.5 Å². The van der Waals surface area contributed by atoms with Crippen molar-refractivity contribution >= 4 is 5.97 Å². The molecule has 0 saturated carbocycles. The summed E-state index contributed by atoms with van der Waals surface area (Å²) in [5.74, 6) is -4.14. The first-order chi connectivity index (χ1) is 8.10. The quantitative estimate of drug-likeness (QED) is 0.856. The maximum atomic E-state index is 12.6. The number of rotatable bonds is 4. The summed E-state index contributed by atoms with van der Waals surface area (Å²) in [4.78, 5) is 10.1. The van der Waals surface area contributed by atoms with Crippen LogP contribution in [0.1, 0.15) is 0 Å². The number of hydrogen-bond donors (Lipinski definition) is 1. The fraction of sp³-hybridized carbons (Fsp3) is 0.222. The smallest absolute Gasteiger partial charge is 0.474 e. The lowest BCUT2D eigenvalue weighted by Crippen LogP contribution is -2.34. The summed E-state index contributed by atoms with van der Waals surface area (Å²) in [5, 5.41) is 8.07. The predicted molar refractivity (Wildman–Crippen MR) is 46.3 cm³/mol. The summed E-state index contributed by atoms with van der Waals surface area (Å²) >= 11 is 0. The zero-order valence-corrected chi connectivity index (χ0v) is 8.37. The summed E-state index contributed by atoms with van der Waals surface area (Å²) in [7, 11) is 0. The molecule has 9 heteroatoms. The van der Waals surface area contributed by atoms with E-state index in [0.717, 1.165) is 18.2 Å². The highest BCUT2D eigenvalue weighted by Crippen LogP contribution is 2.28. The van der Waals surface area contributed by atoms with Gasteiger partial charge in [-0.25, -0.2) is 4.79 Å². The topological polar surface area (TPSA) is 55.8 Å². The molecule has 1 aromatic carbocycles. The first kappa shape index (κ1) is 14.0. The molecule has 0 aliphatic carbocycles. The van der Waals surface area contributed by atoms with Gasteiger partial charge in [0.15, 0.2) is 0 Å². The lowest BCUT2D eigenvalue weighted by molar-refractivity contribution is -0.274. The second-order valence-corrected chi connectivity index (χ2v) is 2.95. The van der Waals surface area contributed by atoms with Crippen LogP contribution < -0.4 is 9.47 Å². The molecule has 1 N–H and O–H groups in total. The third-order valence-corrected chi connectivity index (χ3v) is 1.53. The van der Waals surface area contributed by atoms with Crippen LogP contribution in [0.4, 0.5) is 22.0 Å². The lowest BCUT2D eigenvalue weighted by atomic mass is 10.3. The number of hydrogen-bond acceptors (Lipinski definition) is 3. The molecule has 0 radical (unpaired) electrons. The molecule has 0 aromatic heterocycles. The van der Waals surface area contributed by atoms with E-state index >= 15 is 0 Å². The summed E-state index contributed by atoms with van der Waals surface area (Å²) < 4.78 is 67.9. The second kappa shape index (κ2) is 4.67. The van der Waals surface area contributed by atoms with Crippen LogP contribution in [0.3, 0.4) is 0 Å². The van der Waals surface area contributed by atoms with Crippen molar-refractivity contribution in [3.8, 4) is 11.5 Å². The summed E-state index contributed by atoms with van der Waals surface area (Å²) in [6, 6.07) is 3.14. The molecule has 1 aromatic rings. The van der Waals surface area contributed by atoms with E-state index in [0.29, 0.717) is 6.07 Å². The normalized spacial score (nSPS) is 12.1. The number of alkyl halides is 5. The molecule has 18 heavy (non-hydrogen) atoms. The molecule has 0 spiro atoms. The van der Waals surface area contributed by atoms with E-state index in [1.165, 1.54) is 0 Å². The van der Waals surface area contributed by atoms with Crippen molar-refractivity contribution in [2.24, 2.45) is 0 Å². The van der Waals surface area contributed by atoms with Gasteiger partial charge in [0.2, 0.25) is 0 Å². The monoisotopic (exact) mass is 272 g/mol. The Bertz CT molecular complexity index is 443. The van der Waals surface area contributed by atoms with Gasteiger partial charge in [-0.1, -0.05) is 6.07 Å². The van der Waals surface area contributed by atoms with E-state index in [-0.39, 0.29) is 0 Å². The fourth-order valence-electron chi connectivity index (χ4n) is 0.926. The Morgan fingerprint density at radius 1 is 1.06 bits per heavy atom. The molecule has 0 aliphatic heterocycles. The molecule has 1 rings (SSSR count). The standard InChI is InChI=1S/C9H5F5O4/c10-8(11,7(15)16)17-5-2-1-3-6(4-5)18-9(12,13)14/h1-4H,(H,15,16). The van der Waals surface area contributed by atoms with Crippen molar-refractivity contribution in [1.82, 2.24) is 0 Å². The fourth-order valence-corrected chi connectivity index (χ4v) is 0.926. The molecule has 4 nitrogen and oxygen atoms in total. The third-order valence-electron chi connectivity index (χ3n) is 1.53. The minimum Gasteiger partial charge on any atom is -0.474 e. The van der Waals surface area contributed by atoms with Crippen molar-refractivity contribution < 1.29 is 41.3 Å². The van der Waals surface area contributed by atoms with Gasteiger partial charge >= 0.3 is 18.4 Å². The zero-order chi connectivity index (χ0) is 14.0. The third kappa shape index (κ3) is 4.07. The molecule has 0 fully saturated rings. The Kier molecular flexibility index (Phi) is 3.63. The van der Waals surface area contributed by atoms with E-state index in [4.69, 9.17) is 5.11 Å². The van der Waals surface area contributed by atoms with Crippen LogP contribution in [0, 0.1) is 0 Å². The van der Waals surface area contributed by atoms with E-state index in [2.05, 4.69) is 9.47 Å². The number of carboxylic acid groups (broad SMARTS) is 1. The predicted octanol–water partition coefficient (Wildman–Crippen LogP) is 2.64. The average molecular weight is 272 g/mol. The molecule has 0 saturated heterocycles. The summed E-state index contributed by atoms with van der Waals surface area (Å²) in [6.07, 6.45) is -9.54. The SMILES string of the molecule is O=C(O)C(F)(F)Oc1cccc(OC(F)(F)F)c1. The van der Waals surface area contributed by atoms with Crippen LogP contribution >= 0.6 is 0 Å². The minimum atomic E-state index is -4.99. The highest BCUT2D eigenvalue weighted by atomic mass is 19.4. The van der Waals surface area contributed by atoms with Gasteiger partial charge in [-0.05, 0) is 12.1 Å². The van der Waals surface area contributed by atoms with Gasteiger partial charge in [0.25, 0.3) is 0 Å². The van der Waals surface area contributed by atoms with E-state index in [9.17, 15) is 26.7 Å². The van der Waals surface area contributed by atoms with Crippen molar-refractivity contribution in [1.29, 1.82) is 0 Å². The number of carbonyl (C=O) groups is 1. The van der Waals surface area contributed by atoms with Gasteiger partial charge in [0.1, 0.15) is 11.5 Å². The van der Waals surface area contributed by atoms with Crippen molar-refractivity contribution in [3.05, 3.63) is 24.3 Å². The van der Waals surface area contributed by atoms with Gasteiger partial charge in [-0.3, -0.25) is 0 Å². The van der Waals surface area contributed by atoms with Crippen molar-refractivity contribution in [2.75, 3.05) is 0 Å². The number of aliphatic carboxylic acids is 1. The molecule has 0 amide bonds. The first-order valence-corrected chi connectivity index (χ1v) is 4.26. The van der Waals surface area contributed by atoms with Crippen LogP contribution in [0.2, 0.25) is 0 Å². The highest BCUT2D eigenvalue weighted by Gasteiger charge is 2.42. The maximum Gasteiger partial charge on any atom is 0.573 e. The zero-order valence-electron chi connectivity index (χ0n) is 8.37. The van der Waals surface area contributed by atoms with Crippen LogP contribution in [0.25, 0.3) is 0 Å². The average Bonchev–Trinajstić information content (AvgIpc) is 2.13. The molecule has 0 aliphatic rings. The molecule has 0 unspecified atom stereocenters. The number of carboxylic acids is 1. The molecule has 0 heterocycles. The maximum absolute atomic E-state index is 12.6. The van der Waals surface area contributed by atoms with E-state index < -0.39 is 29.9 Å². The van der Waals surface area contributed by atoms with Gasteiger partial charge in [0, 0.05) is 6.07 Å². The largest absolute Gasteiger partial charge is 0.573 e. The number of halogens is 5. The molecular weight excluding hydrogens is 267 g/mol. The van der Waals surface area contributed by atoms with Gasteiger partial charge in [-0.15, -0.1) is 13.2 Å². The number of benzene rings is 1. The Labute approximate surface area is 96.5 Å². The van der Waals surface area contributed by atoms with Crippen molar-refractivity contribution in [2.45, 2.75) is 12.5 Å². The van der Waals surface area contributed by atoms with Gasteiger partial charge in [0.05, 0.1) is 0 Å². The first-order valence-electron chi connectivity index (χ1n) is 4.26. The molecule has 0 atom stereocenters. The molecule has 0 bridgehead atoms. The lowest BCUT2D eigenvalue weighted by Gasteiger charge is -2.14. The Balaban J connectivity index is 2.86. The van der Waals surface area contributed by atoms with Crippen LogP contribution in [0.15, 0.2) is 24.3 Å². The summed E-state index contributed by atoms with van der Waals surface area (Å²) in [6.45, 7) is 0. The Morgan fingerprint density at radius 2 is 1.56 bits per heavy atom. The highest BCUT2D eigenvalue weighted by molar-refractivity contribution is 5.73. The summed E-state index contributed by atoms with van der Waals surface area (Å²) in [5.41, 5.74) is 0. The Morgan fingerprint density at radius 3 is 2.00 bits per heavy atom. The number of ether oxygens (including phenoxy) is 2. The minimum absolute atomic E-state index is 0.490. The van der Waals surface area contributed by atoms with Crippen LogP contribution in [-0.2, 0) is 4.79 Å². The second-order valence-electron chi connectivity index (χ2n) is 2.95. The van der Waals surface area contributed by atoms with Crippen LogP contribution in [0.5, 0.6) is 11.5 Å². The van der Waals surface area contributed by atoms with Gasteiger partial charge < -0.3 is 14.6 Å². The molecular formula is C9H5F5O4. The van der Waals surface area contributed by atoms with Crippen molar-refractivity contribution in [3.63, 3.8) is 0 Å². The van der Waals surface area contributed by atoms with E-state index in [1.54, 1.807) is 0 Å². The van der Waals surface area contributed by atoms with E-state index in [1.807, 2.05) is 0 Å². The Hall–Kier alpha value is -2.06. The molecule has 100 valence electrons.